The van der Waals surface area contributed by atoms with E-state index in [4.69, 9.17) is 5.73 Å². The van der Waals surface area contributed by atoms with Crippen molar-refractivity contribution in [1.82, 2.24) is 4.90 Å². The van der Waals surface area contributed by atoms with E-state index in [0.29, 0.717) is 0 Å². The first-order valence-electron chi connectivity index (χ1n) is 6.73. The van der Waals surface area contributed by atoms with E-state index in [1.807, 2.05) is 40.0 Å². The van der Waals surface area contributed by atoms with Crippen molar-refractivity contribution >= 4 is 11.6 Å². The Balaban J connectivity index is 2.28. The number of nitrogens with zero attached hydrogens (tertiary/aromatic N) is 2. The van der Waals surface area contributed by atoms with Gasteiger partial charge in [-0.3, -0.25) is 4.79 Å². The summed E-state index contributed by atoms with van der Waals surface area (Å²) in [5, 5.41) is 0. The van der Waals surface area contributed by atoms with Crippen molar-refractivity contribution in [2.75, 3.05) is 25.0 Å². The molecule has 1 aromatic carbocycles. The Kier molecular flexibility index (Phi) is 3.54. The molecule has 1 aliphatic heterocycles. The van der Waals surface area contributed by atoms with Crippen molar-refractivity contribution < 1.29 is 4.79 Å². The number of piperazine rings is 1. The van der Waals surface area contributed by atoms with Crippen molar-refractivity contribution in [3.8, 4) is 0 Å². The maximum atomic E-state index is 12.3. The van der Waals surface area contributed by atoms with Crippen molar-refractivity contribution in [3.05, 3.63) is 29.8 Å². The Morgan fingerprint density at radius 2 is 1.79 bits per heavy atom. The van der Waals surface area contributed by atoms with Gasteiger partial charge < -0.3 is 15.5 Å². The molecular weight excluding hydrogens is 238 g/mol. The fraction of sp³-hybridized carbons (Fsp3) is 0.533. The van der Waals surface area contributed by atoms with E-state index in [1.54, 1.807) is 4.90 Å². The van der Waals surface area contributed by atoms with Gasteiger partial charge in [-0.05, 0) is 38.5 Å². The van der Waals surface area contributed by atoms with Crippen LogP contribution in [-0.4, -0.2) is 36.5 Å². The summed E-state index contributed by atoms with van der Waals surface area (Å²) in [4.78, 5) is 16.2. The van der Waals surface area contributed by atoms with Crippen LogP contribution in [0.3, 0.4) is 0 Å². The highest BCUT2D eigenvalue weighted by Gasteiger charge is 2.40. The lowest BCUT2D eigenvalue weighted by atomic mass is 9.96. The molecule has 0 aliphatic carbocycles. The topological polar surface area (TPSA) is 49.6 Å². The summed E-state index contributed by atoms with van der Waals surface area (Å²) in [6, 6.07) is 8.23. The average molecular weight is 261 g/mol. The first-order chi connectivity index (χ1) is 8.84. The van der Waals surface area contributed by atoms with Gasteiger partial charge in [-0.15, -0.1) is 0 Å². The van der Waals surface area contributed by atoms with Gasteiger partial charge in [0.15, 0.2) is 0 Å². The van der Waals surface area contributed by atoms with E-state index in [2.05, 4.69) is 17.0 Å². The number of carbonyl (C=O) groups is 1. The minimum Gasteiger partial charge on any atom is -0.356 e. The summed E-state index contributed by atoms with van der Waals surface area (Å²) in [6.07, 6.45) is 0. The van der Waals surface area contributed by atoms with Crippen LogP contribution >= 0.6 is 0 Å². The van der Waals surface area contributed by atoms with Crippen molar-refractivity contribution in [2.45, 2.75) is 32.4 Å². The standard InChI is InChI=1S/C15H23N3O/c1-11(16)12-5-7-13(8-6-12)18-10-9-17(4)14(19)15(18,2)3/h5-8,11H,9-10,16H2,1-4H3. The van der Waals surface area contributed by atoms with Crippen LogP contribution in [0, 0.1) is 0 Å². The SMILES string of the molecule is CC(N)c1ccc(N2CCN(C)C(=O)C2(C)C)cc1. The molecule has 19 heavy (non-hydrogen) atoms. The summed E-state index contributed by atoms with van der Waals surface area (Å²) in [7, 11) is 1.86. The molecule has 0 saturated carbocycles. The molecule has 1 amide bonds. The Morgan fingerprint density at radius 1 is 1.21 bits per heavy atom. The molecule has 1 saturated heterocycles. The molecule has 1 fully saturated rings. The Morgan fingerprint density at radius 3 is 2.32 bits per heavy atom. The third-order valence-corrected chi connectivity index (χ3v) is 3.93. The van der Waals surface area contributed by atoms with E-state index in [-0.39, 0.29) is 11.9 Å². The molecule has 0 radical (unpaired) electrons. The maximum absolute atomic E-state index is 12.3. The zero-order chi connectivity index (χ0) is 14.2. The highest BCUT2D eigenvalue weighted by molar-refractivity contribution is 5.90. The van der Waals surface area contributed by atoms with Crippen LogP contribution in [0.25, 0.3) is 0 Å². The van der Waals surface area contributed by atoms with Gasteiger partial charge in [-0.25, -0.2) is 0 Å². The largest absolute Gasteiger partial charge is 0.356 e. The number of amides is 1. The van der Waals surface area contributed by atoms with Gasteiger partial charge >= 0.3 is 0 Å². The summed E-state index contributed by atoms with van der Waals surface area (Å²) in [5.74, 6) is 0.162. The lowest BCUT2D eigenvalue weighted by Crippen LogP contribution is -2.62. The molecule has 1 unspecified atom stereocenters. The third kappa shape index (κ3) is 2.45. The number of nitrogens with two attached hydrogens (primary N) is 1. The smallest absolute Gasteiger partial charge is 0.247 e. The number of carbonyl (C=O) groups excluding carboxylic acids is 1. The number of hydrogen-bond donors (Lipinski definition) is 1. The van der Waals surface area contributed by atoms with Crippen molar-refractivity contribution in [3.63, 3.8) is 0 Å². The normalized spacial score (nSPS) is 20.6. The highest BCUT2D eigenvalue weighted by atomic mass is 16.2. The summed E-state index contributed by atoms with van der Waals surface area (Å²) >= 11 is 0. The molecule has 0 aromatic heterocycles. The second-order valence-corrected chi connectivity index (χ2v) is 5.82. The maximum Gasteiger partial charge on any atom is 0.247 e. The van der Waals surface area contributed by atoms with Crippen molar-refractivity contribution in [1.29, 1.82) is 0 Å². The first kappa shape index (κ1) is 13.9. The number of benzene rings is 1. The van der Waals surface area contributed by atoms with Gasteiger partial charge in [0.2, 0.25) is 5.91 Å². The predicted molar refractivity (Wildman–Crippen MR) is 78.1 cm³/mol. The summed E-state index contributed by atoms with van der Waals surface area (Å²) < 4.78 is 0. The van der Waals surface area contributed by atoms with E-state index in [0.717, 1.165) is 24.3 Å². The summed E-state index contributed by atoms with van der Waals surface area (Å²) in [5.41, 5.74) is 7.56. The zero-order valence-electron chi connectivity index (χ0n) is 12.2. The molecule has 1 heterocycles. The fourth-order valence-electron chi connectivity index (χ4n) is 2.62. The van der Waals surface area contributed by atoms with Gasteiger partial charge in [0, 0.05) is 31.9 Å². The molecule has 4 heteroatoms. The number of hydrogen-bond acceptors (Lipinski definition) is 3. The van der Waals surface area contributed by atoms with Crippen LogP contribution < -0.4 is 10.6 Å². The molecule has 0 spiro atoms. The molecule has 1 atom stereocenters. The van der Waals surface area contributed by atoms with Gasteiger partial charge in [0.05, 0.1) is 0 Å². The van der Waals surface area contributed by atoms with Gasteiger partial charge in [-0.1, -0.05) is 12.1 Å². The van der Waals surface area contributed by atoms with E-state index < -0.39 is 5.54 Å². The highest BCUT2D eigenvalue weighted by Crippen LogP contribution is 2.29. The molecule has 2 N–H and O–H groups in total. The van der Waals surface area contributed by atoms with Crippen LogP contribution in [0.1, 0.15) is 32.4 Å². The molecule has 4 nitrogen and oxygen atoms in total. The molecule has 2 rings (SSSR count). The minimum atomic E-state index is -0.497. The van der Waals surface area contributed by atoms with Gasteiger partial charge in [0.1, 0.15) is 5.54 Å². The molecule has 1 aromatic rings. The predicted octanol–water partition coefficient (Wildman–Crippen LogP) is 1.76. The lowest BCUT2D eigenvalue weighted by Gasteiger charge is -2.46. The van der Waals surface area contributed by atoms with Gasteiger partial charge in [0.25, 0.3) is 0 Å². The van der Waals surface area contributed by atoms with E-state index in [9.17, 15) is 4.79 Å². The van der Waals surface area contributed by atoms with Crippen LogP contribution in [0.2, 0.25) is 0 Å². The van der Waals surface area contributed by atoms with E-state index >= 15 is 0 Å². The second kappa shape index (κ2) is 4.85. The van der Waals surface area contributed by atoms with Crippen LogP contribution in [-0.2, 0) is 4.79 Å². The quantitative estimate of drug-likeness (QED) is 0.882. The number of rotatable bonds is 2. The Labute approximate surface area is 115 Å². The van der Waals surface area contributed by atoms with Gasteiger partial charge in [-0.2, -0.15) is 0 Å². The number of likely N-dealkylation sites (N-methyl/N-ethyl adjacent to an activating group) is 1. The zero-order valence-corrected chi connectivity index (χ0v) is 12.2. The Bertz CT molecular complexity index is 465. The average Bonchev–Trinajstić information content (AvgIpc) is 2.36. The summed E-state index contributed by atoms with van der Waals surface area (Å²) in [6.45, 7) is 7.54. The first-order valence-corrected chi connectivity index (χ1v) is 6.73. The molecule has 1 aliphatic rings. The van der Waals surface area contributed by atoms with Crippen LogP contribution in [0.4, 0.5) is 5.69 Å². The third-order valence-electron chi connectivity index (χ3n) is 3.93. The Hall–Kier alpha value is -1.55. The van der Waals surface area contributed by atoms with Crippen LogP contribution in [0.5, 0.6) is 0 Å². The van der Waals surface area contributed by atoms with E-state index in [1.165, 1.54) is 0 Å². The second-order valence-electron chi connectivity index (χ2n) is 5.82. The monoisotopic (exact) mass is 261 g/mol. The van der Waals surface area contributed by atoms with Crippen molar-refractivity contribution in [2.24, 2.45) is 5.73 Å². The molecular formula is C15H23N3O. The molecule has 104 valence electrons. The minimum absolute atomic E-state index is 0.0381. The lowest BCUT2D eigenvalue weighted by molar-refractivity contribution is -0.136. The number of anilines is 1. The molecule has 0 bridgehead atoms. The van der Waals surface area contributed by atoms with Crippen LogP contribution in [0.15, 0.2) is 24.3 Å². The fourth-order valence-corrected chi connectivity index (χ4v) is 2.62.